The van der Waals surface area contributed by atoms with Gasteiger partial charge in [-0.05, 0) is 40.4 Å². The lowest BCUT2D eigenvalue weighted by Crippen LogP contribution is -2.10. The van der Waals surface area contributed by atoms with Gasteiger partial charge >= 0.3 is 0 Å². The third-order valence-corrected chi connectivity index (χ3v) is 5.30. The molecule has 0 spiro atoms. The Kier molecular flexibility index (Phi) is 4.33. The van der Waals surface area contributed by atoms with E-state index in [0.717, 1.165) is 16.9 Å². The normalized spacial score (nSPS) is 13.0. The summed E-state index contributed by atoms with van der Waals surface area (Å²) < 4.78 is 16.4. The van der Waals surface area contributed by atoms with Gasteiger partial charge in [0.25, 0.3) is 0 Å². The molecular weight excluding hydrogens is 375 g/mol. The molecule has 0 radical (unpaired) electrons. The highest BCUT2D eigenvalue weighted by molar-refractivity contribution is 9.10. The molecule has 21 heavy (non-hydrogen) atoms. The highest BCUT2D eigenvalue weighted by Crippen LogP contribution is 2.31. The number of imidazole rings is 1. The van der Waals surface area contributed by atoms with Crippen LogP contribution in [0.2, 0.25) is 0 Å². The molecule has 2 nitrogen and oxygen atoms in total. The Hall–Kier alpha value is -0.910. The first-order valence-electron chi connectivity index (χ1n) is 6.57. The average Bonchev–Trinajstić information content (AvgIpc) is 3.07. The number of hydrogen-bond acceptors (Lipinski definition) is 2. The van der Waals surface area contributed by atoms with Gasteiger partial charge in [0.2, 0.25) is 0 Å². The summed E-state index contributed by atoms with van der Waals surface area (Å²) in [7, 11) is 0. The van der Waals surface area contributed by atoms with Gasteiger partial charge in [0, 0.05) is 23.2 Å². The van der Waals surface area contributed by atoms with Crippen LogP contribution in [0.5, 0.6) is 0 Å². The van der Waals surface area contributed by atoms with Crippen molar-refractivity contribution < 1.29 is 4.39 Å². The van der Waals surface area contributed by atoms with Crippen LogP contribution in [0.15, 0.2) is 34.1 Å². The molecule has 0 bridgehead atoms. The van der Waals surface area contributed by atoms with Crippen LogP contribution in [0, 0.1) is 5.82 Å². The van der Waals surface area contributed by atoms with Crippen LogP contribution in [-0.2, 0) is 6.42 Å². The van der Waals surface area contributed by atoms with Gasteiger partial charge in [0.05, 0.1) is 21.5 Å². The molecule has 110 valence electrons. The minimum atomic E-state index is -0.278. The van der Waals surface area contributed by atoms with E-state index < -0.39 is 0 Å². The SMILES string of the molecule is CC(c1cccs1)n1c(CCCl)nc2cc(Br)c(F)cc21. The quantitative estimate of drug-likeness (QED) is 0.549. The van der Waals surface area contributed by atoms with Gasteiger partial charge in [0.15, 0.2) is 0 Å². The van der Waals surface area contributed by atoms with Crippen molar-refractivity contribution in [2.75, 3.05) is 5.88 Å². The second-order valence-corrected chi connectivity index (χ2v) is 7.00. The van der Waals surface area contributed by atoms with Crippen LogP contribution in [-0.4, -0.2) is 15.4 Å². The van der Waals surface area contributed by atoms with Crippen LogP contribution in [0.4, 0.5) is 4.39 Å². The van der Waals surface area contributed by atoms with Crippen molar-refractivity contribution in [1.29, 1.82) is 0 Å². The standard InChI is InChI=1S/C15H13BrClFN2S/c1-9(14-3-2-6-21-14)20-13-8-11(18)10(16)7-12(13)19-15(20)4-5-17/h2-3,6-9H,4-5H2,1H3. The topological polar surface area (TPSA) is 17.8 Å². The van der Waals surface area contributed by atoms with Crippen LogP contribution in [0.1, 0.15) is 23.7 Å². The Morgan fingerprint density at radius 2 is 2.29 bits per heavy atom. The van der Waals surface area contributed by atoms with Crippen molar-refractivity contribution in [3.8, 4) is 0 Å². The lowest BCUT2D eigenvalue weighted by molar-refractivity contribution is 0.613. The van der Waals surface area contributed by atoms with E-state index in [-0.39, 0.29) is 11.9 Å². The molecule has 0 aliphatic carbocycles. The first-order chi connectivity index (χ1) is 10.1. The predicted molar refractivity (Wildman–Crippen MR) is 89.9 cm³/mol. The zero-order chi connectivity index (χ0) is 15.0. The van der Waals surface area contributed by atoms with E-state index in [1.807, 2.05) is 11.4 Å². The number of fused-ring (bicyclic) bond motifs is 1. The molecule has 2 heterocycles. The van der Waals surface area contributed by atoms with Gasteiger partial charge in [-0.25, -0.2) is 9.37 Å². The third kappa shape index (κ3) is 2.74. The average molecular weight is 388 g/mol. The molecule has 2 aromatic heterocycles. The summed E-state index contributed by atoms with van der Waals surface area (Å²) in [6, 6.07) is 7.47. The first-order valence-corrected chi connectivity index (χ1v) is 8.77. The summed E-state index contributed by atoms with van der Waals surface area (Å²) in [4.78, 5) is 5.84. The van der Waals surface area contributed by atoms with Crippen LogP contribution in [0.25, 0.3) is 11.0 Å². The largest absolute Gasteiger partial charge is 0.320 e. The molecule has 0 fully saturated rings. The maximum atomic E-state index is 13.9. The Balaban J connectivity index is 2.22. The van der Waals surface area contributed by atoms with Crippen LogP contribution in [0.3, 0.4) is 0 Å². The summed E-state index contributed by atoms with van der Waals surface area (Å²) >= 11 is 10.8. The Labute approximate surface area is 139 Å². The maximum absolute atomic E-state index is 13.9. The number of nitrogens with zero attached hydrogens (tertiary/aromatic N) is 2. The zero-order valence-corrected chi connectivity index (χ0v) is 14.5. The number of thiophene rings is 1. The van der Waals surface area contributed by atoms with E-state index in [9.17, 15) is 4.39 Å². The lowest BCUT2D eigenvalue weighted by Gasteiger charge is -2.16. The number of rotatable bonds is 4. The number of halogens is 3. The number of aromatic nitrogens is 2. The van der Waals surface area contributed by atoms with Crippen LogP contribution < -0.4 is 0 Å². The Morgan fingerprint density at radius 3 is 2.95 bits per heavy atom. The highest BCUT2D eigenvalue weighted by atomic mass is 79.9. The van der Waals surface area contributed by atoms with Crippen molar-refractivity contribution in [1.82, 2.24) is 9.55 Å². The molecule has 0 aliphatic rings. The summed E-state index contributed by atoms with van der Waals surface area (Å²) in [6.07, 6.45) is 0.658. The molecule has 3 aromatic rings. The smallest absolute Gasteiger partial charge is 0.139 e. The first kappa shape index (κ1) is 15.0. The minimum Gasteiger partial charge on any atom is -0.320 e. The number of benzene rings is 1. The number of alkyl halides is 1. The minimum absolute atomic E-state index is 0.105. The van der Waals surface area contributed by atoms with Gasteiger partial charge in [-0.1, -0.05) is 6.07 Å². The molecule has 1 atom stereocenters. The van der Waals surface area contributed by atoms with Crippen molar-refractivity contribution >= 4 is 49.9 Å². The van der Waals surface area contributed by atoms with E-state index in [1.165, 1.54) is 10.9 Å². The van der Waals surface area contributed by atoms with Crippen LogP contribution >= 0.6 is 38.9 Å². The molecule has 0 N–H and O–H groups in total. The predicted octanol–water partition coefficient (Wildman–Crippen LogP) is 5.39. The Bertz CT molecular complexity index is 770. The van der Waals surface area contributed by atoms with Crippen molar-refractivity contribution in [3.05, 3.63) is 50.6 Å². The van der Waals surface area contributed by atoms with Gasteiger partial charge in [-0.3, -0.25) is 0 Å². The van der Waals surface area contributed by atoms with Gasteiger partial charge in [-0.2, -0.15) is 0 Å². The molecule has 0 saturated heterocycles. The fourth-order valence-corrected chi connectivity index (χ4v) is 3.76. The fraction of sp³-hybridized carbons (Fsp3) is 0.267. The molecule has 0 aliphatic heterocycles. The van der Waals surface area contributed by atoms with E-state index in [2.05, 4.69) is 38.5 Å². The zero-order valence-electron chi connectivity index (χ0n) is 11.3. The summed E-state index contributed by atoms with van der Waals surface area (Å²) in [6.45, 7) is 2.10. The third-order valence-electron chi connectivity index (χ3n) is 3.46. The number of aryl methyl sites for hydroxylation is 1. The summed E-state index contributed by atoms with van der Waals surface area (Å²) in [5, 5.41) is 2.04. The van der Waals surface area contributed by atoms with E-state index in [4.69, 9.17) is 11.6 Å². The van der Waals surface area contributed by atoms with Gasteiger partial charge in [-0.15, -0.1) is 22.9 Å². The second kappa shape index (κ2) is 6.07. The summed E-state index contributed by atoms with van der Waals surface area (Å²) in [5.74, 6) is 1.10. The molecule has 0 saturated carbocycles. The van der Waals surface area contributed by atoms with Gasteiger partial charge in [0.1, 0.15) is 11.6 Å². The van der Waals surface area contributed by atoms with Gasteiger partial charge < -0.3 is 4.57 Å². The number of hydrogen-bond donors (Lipinski definition) is 0. The molecule has 0 amide bonds. The fourth-order valence-electron chi connectivity index (χ4n) is 2.49. The Morgan fingerprint density at radius 1 is 1.48 bits per heavy atom. The molecule has 1 aromatic carbocycles. The van der Waals surface area contributed by atoms with Crippen molar-refractivity contribution in [2.24, 2.45) is 0 Å². The molecule has 6 heteroatoms. The van der Waals surface area contributed by atoms with Crippen molar-refractivity contribution in [2.45, 2.75) is 19.4 Å². The molecule has 1 unspecified atom stereocenters. The maximum Gasteiger partial charge on any atom is 0.139 e. The highest BCUT2D eigenvalue weighted by Gasteiger charge is 2.19. The second-order valence-electron chi connectivity index (χ2n) is 4.78. The summed E-state index contributed by atoms with van der Waals surface area (Å²) in [5.41, 5.74) is 1.59. The van der Waals surface area contributed by atoms with Crippen molar-refractivity contribution in [3.63, 3.8) is 0 Å². The molecular formula is C15H13BrClFN2S. The lowest BCUT2D eigenvalue weighted by atomic mass is 10.2. The van der Waals surface area contributed by atoms with E-state index in [1.54, 1.807) is 17.4 Å². The van der Waals surface area contributed by atoms with E-state index >= 15 is 0 Å². The van der Waals surface area contributed by atoms with E-state index in [0.29, 0.717) is 16.8 Å². The molecule has 3 rings (SSSR count). The monoisotopic (exact) mass is 386 g/mol.